The van der Waals surface area contributed by atoms with Gasteiger partial charge >= 0.3 is 0 Å². The molecule has 3 nitrogen and oxygen atoms in total. The van der Waals surface area contributed by atoms with Crippen molar-refractivity contribution in [3.8, 4) is 0 Å². The summed E-state index contributed by atoms with van der Waals surface area (Å²) in [5, 5.41) is 3.52. The van der Waals surface area contributed by atoms with Crippen molar-refractivity contribution in [2.24, 2.45) is 5.41 Å². The molecule has 2 aliphatic rings. The number of piperidine rings is 1. The van der Waals surface area contributed by atoms with E-state index < -0.39 is 0 Å². The summed E-state index contributed by atoms with van der Waals surface area (Å²) in [6, 6.07) is 0.620. The molecule has 0 aliphatic carbocycles. The van der Waals surface area contributed by atoms with Crippen molar-refractivity contribution >= 4 is 0 Å². The number of nitrogens with one attached hydrogen (secondary N) is 1. The van der Waals surface area contributed by atoms with Gasteiger partial charge < -0.3 is 15.1 Å². The topological polar surface area (TPSA) is 18.5 Å². The van der Waals surface area contributed by atoms with E-state index >= 15 is 0 Å². The average molecular weight is 239 g/mol. The van der Waals surface area contributed by atoms with Crippen molar-refractivity contribution < 1.29 is 0 Å². The highest BCUT2D eigenvalue weighted by molar-refractivity contribution is 4.93. The van der Waals surface area contributed by atoms with Crippen LogP contribution in [0.4, 0.5) is 0 Å². The maximum atomic E-state index is 3.52. The third-order valence-electron chi connectivity index (χ3n) is 4.55. The number of hydrogen-bond donors (Lipinski definition) is 1. The van der Waals surface area contributed by atoms with Crippen LogP contribution in [0.25, 0.3) is 0 Å². The third-order valence-corrected chi connectivity index (χ3v) is 4.55. The van der Waals surface area contributed by atoms with E-state index in [9.17, 15) is 0 Å². The molecule has 0 aromatic heterocycles. The molecule has 0 unspecified atom stereocenters. The molecule has 2 saturated heterocycles. The molecule has 3 heteroatoms. The van der Waals surface area contributed by atoms with Crippen LogP contribution in [0.15, 0.2) is 0 Å². The van der Waals surface area contributed by atoms with E-state index in [1.54, 1.807) is 0 Å². The van der Waals surface area contributed by atoms with Gasteiger partial charge in [-0.3, -0.25) is 0 Å². The van der Waals surface area contributed by atoms with E-state index in [0.29, 0.717) is 11.5 Å². The molecule has 0 atom stereocenters. The minimum absolute atomic E-state index is 0.620. The summed E-state index contributed by atoms with van der Waals surface area (Å²) >= 11 is 0. The summed E-state index contributed by atoms with van der Waals surface area (Å²) in [6.07, 6.45) is 4.26. The third kappa shape index (κ3) is 3.67. The Hall–Kier alpha value is -0.120. The lowest BCUT2D eigenvalue weighted by molar-refractivity contribution is 0.126. The predicted octanol–water partition coefficient (Wildman–Crippen LogP) is 1.40. The lowest BCUT2D eigenvalue weighted by Gasteiger charge is -2.37. The molecule has 0 aromatic carbocycles. The van der Waals surface area contributed by atoms with Crippen molar-refractivity contribution in [3.63, 3.8) is 0 Å². The van der Waals surface area contributed by atoms with Crippen molar-refractivity contribution in [1.29, 1.82) is 0 Å². The van der Waals surface area contributed by atoms with Gasteiger partial charge in [-0.15, -0.1) is 0 Å². The highest BCUT2D eigenvalue weighted by Gasteiger charge is 2.39. The second-order valence-corrected chi connectivity index (χ2v) is 6.44. The minimum Gasteiger partial charge on any atom is -0.313 e. The molecule has 100 valence electrons. The quantitative estimate of drug-likeness (QED) is 0.800. The van der Waals surface area contributed by atoms with Crippen LogP contribution in [0.5, 0.6) is 0 Å². The maximum absolute atomic E-state index is 3.52. The Labute approximate surface area is 107 Å². The number of likely N-dealkylation sites (tertiary alicyclic amines) is 2. The van der Waals surface area contributed by atoms with Gasteiger partial charge in [-0.1, -0.05) is 13.8 Å². The normalized spacial score (nSPS) is 26.1. The Morgan fingerprint density at radius 1 is 1.12 bits per heavy atom. The Morgan fingerprint density at radius 2 is 1.76 bits per heavy atom. The van der Waals surface area contributed by atoms with Gasteiger partial charge in [0.05, 0.1) is 0 Å². The molecule has 0 amide bonds. The summed E-state index contributed by atoms with van der Waals surface area (Å²) in [5.41, 5.74) is 0.671. The van der Waals surface area contributed by atoms with Crippen LogP contribution in [-0.4, -0.2) is 62.2 Å². The zero-order valence-corrected chi connectivity index (χ0v) is 11.8. The molecule has 1 N–H and O–H groups in total. The van der Waals surface area contributed by atoms with Crippen LogP contribution in [0, 0.1) is 5.41 Å². The van der Waals surface area contributed by atoms with Crippen LogP contribution in [0.1, 0.15) is 33.1 Å². The molecular weight excluding hydrogens is 210 g/mol. The van der Waals surface area contributed by atoms with Crippen molar-refractivity contribution in [1.82, 2.24) is 15.1 Å². The molecule has 1 spiro atoms. The maximum Gasteiger partial charge on any atom is 0.0107 e. The van der Waals surface area contributed by atoms with Crippen molar-refractivity contribution in [2.45, 2.75) is 39.2 Å². The van der Waals surface area contributed by atoms with Crippen LogP contribution < -0.4 is 5.32 Å². The summed E-state index contributed by atoms with van der Waals surface area (Å²) < 4.78 is 0. The smallest absolute Gasteiger partial charge is 0.0107 e. The standard InChI is InChI=1S/C14H29N3/c1-13(2)15-7-11-17-10-6-14(12-17)4-8-16(3)9-5-14/h13,15H,4-12H2,1-3H3. The second kappa shape index (κ2) is 5.68. The molecule has 2 rings (SSSR count). The minimum atomic E-state index is 0.620. The summed E-state index contributed by atoms with van der Waals surface area (Å²) in [7, 11) is 2.26. The van der Waals surface area contributed by atoms with Gasteiger partial charge in [0.1, 0.15) is 0 Å². The summed E-state index contributed by atoms with van der Waals surface area (Å²) in [6.45, 7) is 12.1. The number of hydrogen-bond acceptors (Lipinski definition) is 3. The first-order chi connectivity index (χ1) is 8.10. The molecule has 2 heterocycles. The van der Waals surface area contributed by atoms with Crippen LogP contribution in [-0.2, 0) is 0 Å². The molecule has 0 saturated carbocycles. The molecule has 2 aliphatic heterocycles. The van der Waals surface area contributed by atoms with Gasteiger partial charge in [-0.25, -0.2) is 0 Å². The summed E-state index contributed by atoms with van der Waals surface area (Å²) in [4.78, 5) is 5.15. The summed E-state index contributed by atoms with van der Waals surface area (Å²) in [5.74, 6) is 0. The van der Waals surface area contributed by atoms with Gasteiger partial charge in [0.25, 0.3) is 0 Å². The van der Waals surface area contributed by atoms with E-state index in [0.717, 1.165) is 6.54 Å². The lowest BCUT2D eigenvalue weighted by atomic mass is 9.78. The van der Waals surface area contributed by atoms with E-state index in [1.807, 2.05) is 0 Å². The average Bonchev–Trinajstić information content (AvgIpc) is 2.67. The van der Waals surface area contributed by atoms with Gasteiger partial charge in [0, 0.05) is 25.7 Å². The molecule has 0 aromatic rings. The largest absolute Gasteiger partial charge is 0.313 e. The van der Waals surface area contributed by atoms with E-state index in [-0.39, 0.29) is 0 Å². The predicted molar refractivity (Wildman–Crippen MR) is 73.4 cm³/mol. The van der Waals surface area contributed by atoms with Crippen LogP contribution >= 0.6 is 0 Å². The fourth-order valence-electron chi connectivity index (χ4n) is 3.23. The Balaban J connectivity index is 1.71. The molecule has 17 heavy (non-hydrogen) atoms. The van der Waals surface area contributed by atoms with Crippen LogP contribution in [0.2, 0.25) is 0 Å². The highest BCUT2D eigenvalue weighted by atomic mass is 15.2. The molecule has 2 fully saturated rings. The lowest BCUT2D eigenvalue weighted by Crippen LogP contribution is -2.40. The molecule has 0 bridgehead atoms. The first kappa shape index (κ1) is 13.3. The number of rotatable bonds is 4. The van der Waals surface area contributed by atoms with Gasteiger partial charge in [0.15, 0.2) is 0 Å². The Kier molecular flexibility index (Phi) is 4.45. The fraction of sp³-hybridized carbons (Fsp3) is 1.00. The van der Waals surface area contributed by atoms with Gasteiger partial charge in [-0.2, -0.15) is 0 Å². The van der Waals surface area contributed by atoms with E-state index in [1.165, 1.54) is 52.0 Å². The van der Waals surface area contributed by atoms with E-state index in [2.05, 4.69) is 36.0 Å². The second-order valence-electron chi connectivity index (χ2n) is 6.44. The van der Waals surface area contributed by atoms with Gasteiger partial charge in [0.2, 0.25) is 0 Å². The highest BCUT2D eigenvalue weighted by Crippen LogP contribution is 2.39. The van der Waals surface area contributed by atoms with Crippen LogP contribution in [0.3, 0.4) is 0 Å². The zero-order valence-electron chi connectivity index (χ0n) is 11.8. The SMILES string of the molecule is CC(C)NCCN1CCC2(CCN(C)CC2)C1. The number of nitrogens with zero attached hydrogens (tertiary/aromatic N) is 2. The Morgan fingerprint density at radius 3 is 2.41 bits per heavy atom. The molecule has 0 radical (unpaired) electrons. The van der Waals surface area contributed by atoms with Crippen molar-refractivity contribution in [2.75, 3.05) is 46.3 Å². The van der Waals surface area contributed by atoms with Crippen molar-refractivity contribution in [3.05, 3.63) is 0 Å². The van der Waals surface area contributed by atoms with Gasteiger partial charge in [-0.05, 0) is 51.4 Å². The zero-order chi connectivity index (χ0) is 12.3. The fourth-order valence-corrected chi connectivity index (χ4v) is 3.23. The Bertz CT molecular complexity index is 232. The van der Waals surface area contributed by atoms with E-state index in [4.69, 9.17) is 0 Å². The molecular formula is C14H29N3. The first-order valence-corrected chi connectivity index (χ1v) is 7.24. The first-order valence-electron chi connectivity index (χ1n) is 7.24. The monoisotopic (exact) mass is 239 g/mol.